The maximum absolute atomic E-state index is 12.5. The van der Waals surface area contributed by atoms with Gasteiger partial charge in [0.2, 0.25) is 11.8 Å². The molecule has 2 aliphatic rings. The number of rotatable bonds is 7. The molecule has 1 saturated heterocycles. The number of halogens is 1. The Morgan fingerprint density at radius 1 is 1.14 bits per heavy atom. The normalized spacial score (nSPS) is 17.3. The summed E-state index contributed by atoms with van der Waals surface area (Å²) in [6.45, 7) is 3.17. The number of hydrogen-bond acceptors (Lipinski definition) is 5. The van der Waals surface area contributed by atoms with E-state index in [-0.39, 0.29) is 11.8 Å². The highest BCUT2D eigenvalue weighted by Gasteiger charge is 2.26. The molecule has 154 valence electrons. The van der Waals surface area contributed by atoms with E-state index in [1.54, 1.807) is 18.3 Å². The van der Waals surface area contributed by atoms with Crippen LogP contribution >= 0.6 is 11.6 Å². The number of carbonyl (C=O) groups excluding carboxylic acids is 2. The van der Waals surface area contributed by atoms with Gasteiger partial charge in [0.1, 0.15) is 0 Å². The van der Waals surface area contributed by atoms with E-state index in [0.717, 1.165) is 31.5 Å². The molecule has 29 heavy (non-hydrogen) atoms. The highest BCUT2D eigenvalue weighted by Crippen LogP contribution is 2.23. The molecule has 1 aliphatic heterocycles. The fraction of sp³-hybridized carbons (Fsp3) is 0.476. The summed E-state index contributed by atoms with van der Waals surface area (Å²) in [7, 11) is 0. The van der Waals surface area contributed by atoms with Crippen LogP contribution in [0.1, 0.15) is 25.2 Å². The first-order valence-corrected chi connectivity index (χ1v) is 10.4. The molecule has 2 fully saturated rings. The average Bonchev–Trinajstić information content (AvgIpc) is 3.40. The van der Waals surface area contributed by atoms with E-state index in [9.17, 15) is 9.59 Å². The van der Waals surface area contributed by atoms with Crippen molar-refractivity contribution in [3.05, 3.63) is 41.4 Å². The Balaban J connectivity index is 1.20. The molecule has 0 atom stereocenters. The van der Waals surface area contributed by atoms with Crippen molar-refractivity contribution < 1.29 is 14.0 Å². The average molecular weight is 417 g/mol. The molecule has 1 N–H and O–H groups in total. The van der Waals surface area contributed by atoms with Crippen molar-refractivity contribution in [3.8, 4) is 11.3 Å². The van der Waals surface area contributed by atoms with Crippen molar-refractivity contribution in [3.63, 3.8) is 0 Å². The van der Waals surface area contributed by atoms with Crippen LogP contribution < -0.4 is 5.32 Å². The van der Waals surface area contributed by atoms with E-state index >= 15 is 0 Å². The highest BCUT2D eigenvalue weighted by molar-refractivity contribution is 6.30. The van der Waals surface area contributed by atoms with Crippen LogP contribution in [0.4, 0.5) is 0 Å². The van der Waals surface area contributed by atoms with Crippen molar-refractivity contribution in [2.24, 2.45) is 0 Å². The lowest BCUT2D eigenvalue weighted by Crippen LogP contribution is -2.51. The Kier molecular flexibility index (Phi) is 6.16. The third-order valence-electron chi connectivity index (χ3n) is 5.27. The van der Waals surface area contributed by atoms with Gasteiger partial charge < -0.3 is 14.6 Å². The molecular weight excluding hydrogens is 392 g/mol. The summed E-state index contributed by atoms with van der Waals surface area (Å²) in [6, 6.07) is 7.75. The molecule has 0 spiro atoms. The number of nitrogens with zero attached hydrogens (tertiary/aromatic N) is 3. The zero-order valence-electron chi connectivity index (χ0n) is 16.3. The first-order valence-electron chi connectivity index (χ1n) is 10.1. The van der Waals surface area contributed by atoms with E-state index < -0.39 is 0 Å². The quantitative estimate of drug-likeness (QED) is 0.749. The molecule has 0 radical (unpaired) electrons. The fourth-order valence-electron chi connectivity index (χ4n) is 3.40. The van der Waals surface area contributed by atoms with E-state index in [0.29, 0.717) is 55.2 Å². The van der Waals surface area contributed by atoms with Crippen LogP contribution in [0.25, 0.3) is 11.3 Å². The Morgan fingerprint density at radius 3 is 2.55 bits per heavy atom. The van der Waals surface area contributed by atoms with Crippen LogP contribution in [-0.4, -0.2) is 65.4 Å². The summed E-state index contributed by atoms with van der Waals surface area (Å²) >= 11 is 5.91. The first kappa shape index (κ1) is 19.9. The van der Waals surface area contributed by atoms with Crippen LogP contribution in [0.5, 0.6) is 0 Å². The van der Waals surface area contributed by atoms with Gasteiger partial charge in [-0.1, -0.05) is 11.6 Å². The summed E-state index contributed by atoms with van der Waals surface area (Å²) in [5.74, 6) is 1.41. The van der Waals surface area contributed by atoms with Crippen molar-refractivity contribution in [1.82, 2.24) is 20.1 Å². The van der Waals surface area contributed by atoms with Crippen LogP contribution in [-0.2, 0) is 16.0 Å². The van der Waals surface area contributed by atoms with Crippen molar-refractivity contribution in [1.29, 1.82) is 0 Å². The van der Waals surface area contributed by atoms with Crippen LogP contribution in [0.15, 0.2) is 34.9 Å². The zero-order valence-corrected chi connectivity index (χ0v) is 17.0. The minimum atomic E-state index is 0.0904. The predicted molar refractivity (Wildman–Crippen MR) is 109 cm³/mol. The van der Waals surface area contributed by atoms with Crippen molar-refractivity contribution in [2.45, 2.75) is 31.7 Å². The number of benzene rings is 1. The number of aryl methyl sites for hydroxylation is 1. The van der Waals surface area contributed by atoms with Gasteiger partial charge in [-0.2, -0.15) is 0 Å². The van der Waals surface area contributed by atoms with E-state index in [1.165, 1.54) is 0 Å². The standard InChI is InChI=1S/C21H25ClN4O3/c22-16-3-1-15(2-4-16)18-13-23-20(29-18)7-8-21(28)26-11-9-25(10-12-26)14-19(27)24-17-5-6-17/h1-4,13,17H,5-12,14H2,(H,24,27). The lowest BCUT2D eigenvalue weighted by molar-refractivity contribution is -0.133. The second kappa shape index (κ2) is 8.97. The van der Waals surface area contributed by atoms with Gasteiger partial charge in [-0.15, -0.1) is 0 Å². The van der Waals surface area contributed by atoms with Gasteiger partial charge in [-0.25, -0.2) is 4.98 Å². The van der Waals surface area contributed by atoms with Gasteiger partial charge in [0, 0.05) is 55.6 Å². The molecule has 7 nitrogen and oxygen atoms in total. The predicted octanol–water partition coefficient (Wildman–Crippen LogP) is 2.35. The van der Waals surface area contributed by atoms with E-state index in [2.05, 4.69) is 15.2 Å². The summed E-state index contributed by atoms with van der Waals surface area (Å²) in [6.07, 6.45) is 4.70. The molecular formula is C21H25ClN4O3. The maximum Gasteiger partial charge on any atom is 0.234 e. The lowest BCUT2D eigenvalue weighted by Gasteiger charge is -2.34. The van der Waals surface area contributed by atoms with Gasteiger partial charge in [-0.3, -0.25) is 14.5 Å². The topological polar surface area (TPSA) is 78.7 Å². The Morgan fingerprint density at radius 2 is 1.86 bits per heavy atom. The second-order valence-electron chi connectivity index (χ2n) is 7.62. The molecule has 2 aromatic rings. The number of carbonyl (C=O) groups is 2. The number of hydrogen-bond donors (Lipinski definition) is 1. The number of piperazine rings is 1. The minimum absolute atomic E-state index is 0.0904. The van der Waals surface area contributed by atoms with Gasteiger partial charge >= 0.3 is 0 Å². The highest BCUT2D eigenvalue weighted by atomic mass is 35.5. The molecule has 4 rings (SSSR count). The molecule has 0 bridgehead atoms. The maximum atomic E-state index is 12.5. The number of aromatic nitrogens is 1. The Hall–Kier alpha value is -2.38. The van der Waals surface area contributed by atoms with Crippen molar-refractivity contribution in [2.75, 3.05) is 32.7 Å². The smallest absolute Gasteiger partial charge is 0.234 e. The molecule has 1 aromatic heterocycles. The molecule has 0 unspecified atom stereocenters. The van der Waals surface area contributed by atoms with Gasteiger partial charge in [0.15, 0.2) is 11.7 Å². The van der Waals surface area contributed by atoms with E-state index in [4.69, 9.17) is 16.0 Å². The van der Waals surface area contributed by atoms with Crippen LogP contribution in [0.3, 0.4) is 0 Å². The molecule has 1 aliphatic carbocycles. The number of amides is 2. The summed E-state index contributed by atoms with van der Waals surface area (Å²) < 4.78 is 5.77. The van der Waals surface area contributed by atoms with Gasteiger partial charge in [-0.05, 0) is 37.1 Å². The molecule has 2 heterocycles. The summed E-state index contributed by atoms with van der Waals surface area (Å²) in [5, 5.41) is 3.67. The largest absolute Gasteiger partial charge is 0.441 e. The molecule has 2 amide bonds. The fourth-order valence-corrected chi connectivity index (χ4v) is 3.53. The number of nitrogens with one attached hydrogen (secondary N) is 1. The van der Waals surface area contributed by atoms with Gasteiger partial charge in [0.25, 0.3) is 0 Å². The number of oxazole rings is 1. The molecule has 1 aromatic carbocycles. The third-order valence-corrected chi connectivity index (χ3v) is 5.52. The van der Waals surface area contributed by atoms with Crippen LogP contribution in [0.2, 0.25) is 5.02 Å². The van der Waals surface area contributed by atoms with Gasteiger partial charge in [0.05, 0.1) is 12.7 Å². The molecule has 1 saturated carbocycles. The van der Waals surface area contributed by atoms with Crippen molar-refractivity contribution >= 4 is 23.4 Å². The van der Waals surface area contributed by atoms with E-state index in [1.807, 2.05) is 17.0 Å². The molecule has 8 heteroatoms. The lowest BCUT2D eigenvalue weighted by atomic mass is 10.2. The Bertz CT molecular complexity index is 855. The SMILES string of the molecule is O=C(CN1CCN(C(=O)CCc2ncc(-c3ccc(Cl)cc3)o2)CC1)NC1CC1. The van der Waals surface area contributed by atoms with Crippen LogP contribution in [0, 0.1) is 0 Å². The summed E-state index contributed by atoms with van der Waals surface area (Å²) in [5.41, 5.74) is 0.904. The third kappa shape index (κ3) is 5.58. The zero-order chi connectivity index (χ0) is 20.2. The first-order chi connectivity index (χ1) is 14.1. The Labute approximate surface area is 175 Å². The monoisotopic (exact) mass is 416 g/mol. The second-order valence-corrected chi connectivity index (χ2v) is 8.06. The minimum Gasteiger partial charge on any atom is -0.441 e. The summed E-state index contributed by atoms with van der Waals surface area (Å²) in [4.78, 5) is 32.7.